The Labute approximate surface area is 150 Å². The van der Waals surface area contributed by atoms with Gasteiger partial charge in [0.1, 0.15) is 11.4 Å². The Balaban J connectivity index is 2.04. The van der Waals surface area contributed by atoms with E-state index < -0.39 is 17.4 Å². The van der Waals surface area contributed by atoms with Crippen molar-refractivity contribution in [2.75, 3.05) is 19.0 Å². The van der Waals surface area contributed by atoms with Gasteiger partial charge in [-0.15, -0.1) is 0 Å². The molecule has 0 unspecified atom stereocenters. The maximum Gasteiger partial charge on any atom is 0.273 e. The molecule has 26 heavy (non-hydrogen) atoms. The molecule has 1 heterocycles. The number of hydrazone groups is 1. The molecule has 1 saturated carbocycles. The molecule has 0 spiro atoms. The third-order valence-electron chi connectivity index (χ3n) is 4.17. The SMILES string of the molecule is CN[C@](CNC(=O)/C(C=N)=N/Nc1ccccn1)(C(=O)NC=O)C1CC1. The first kappa shape index (κ1) is 19.2. The second-order valence-corrected chi connectivity index (χ2v) is 5.74. The van der Waals surface area contributed by atoms with Gasteiger partial charge in [-0.25, -0.2) is 4.98 Å². The molecule has 3 amide bonds. The summed E-state index contributed by atoms with van der Waals surface area (Å²) in [5.74, 6) is -0.687. The van der Waals surface area contributed by atoms with Crippen molar-refractivity contribution in [3.05, 3.63) is 24.4 Å². The Morgan fingerprint density at radius 2 is 2.19 bits per heavy atom. The number of hydrogen-bond donors (Lipinski definition) is 5. The largest absolute Gasteiger partial charge is 0.348 e. The summed E-state index contributed by atoms with van der Waals surface area (Å²) < 4.78 is 0. The van der Waals surface area contributed by atoms with Crippen LogP contribution >= 0.6 is 0 Å². The first-order chi connectivity index (χ1) is 12.6. The number of rotatable bonds is 10. The van der Waals surface area contributed by atoms with Crippen molar-refractivity contribution in [3.63, 3.8) is 0 Å². The van der Waals surface area contributed by atoms with Crippen molar-refractivity contribution in [1.82, 2.24) is 20.9 Å². The topological polar surface area (TPSA) is 148 Å². The molecule has 0 saturated heterocycles. The van der Waals surface area contributed by atoms with Crippen LogP contribution in [0.2, 0.25) is 0 Å². The van der Waals surface area contributed by atoms with Crippen LogP contribution in [0.1, 0.15) is 12.8 Å². The number of carbonyl (C=O) groups excluding carboxylic acids is 3. The van der Waals surface area contributed by atoms with E-state index in [1.807, 2.05) is 0 Å². The van der Waals surface area contributed by atoms with Gasteiger partial charge >= 0.3 is 0 Å². The van der Waals surface area contributed by atoms with Gasteiger partial charge in [-0.1, -0.05) is 6.07 Å². The van der Waals surface area contributed by atoms with Crippen molar-refractivity contribution in [2.45, 2.75) is 18.4 Å². The third kappa shape index (κ3) is 4.48. The lowest BCUT2D eigenvalue weighted by molar-refractivity contribution is -0.131. The monoisotopic (exact) mass is 359 g/mol. The van der Waals surface area contributed by atoms with E-state index in [0.29, 0.717) is 12.2 Å². The van der Waals surface area contributed by atoms with Gasteiger partial charge in [0, 0.05) is 12.7 Å². The molecule has 1 aliphatic rings. The van der Waals surface area contributed by atoms with Crippen molar-refractivity contribution >= 4 is 36.0 Å². The highest BCUT2D eigenvalue weighted by atomic mass is 16.2. The molecule has 10 heteroatoms. The molecule has 138 valence electrons. The lowest BCUT2D eigenvalue weighted by Crippen LogP contribution is -2.63. The minimum Gasteiger partial charge on any atom is -0.348 e. The molecule has 5 N–H and O–H groups in total. The number of amides is 3. The molecule has 1 atom stereocenters. The predicted molar refractivity (Wildman–Crippen MR) is 95.8 cm³/mol. The van der Waals surface area contributed by atoms with Crippen LogP contribution in [-0.2, 0) is 14.4 Å². The molecule has 0 radical (unpaired) electrons. The van der Waals surface area contributed by atoms with Gasteiger partial charge in [-0.05, 0) is 37.9 Å². The number of pyridine rings is 1. The van der Waals surface area contributed by atoms with E-state index in [1.165, 1.54) is 0 Å². The summed E-state index contributed by atoms with van der Waals surface area (Å²) in [6.07, 6.45) is 4.31. The molecule has 1 aliphatic carbocycles. The van der Waals surface area contributed by atoms with E-state index in [4.69, 9.17) is 5.41 Å². The zero-order valence-corrected chi connectivity index (χ0v) is 14.3. The highest BCUT2D eigenvalue weighted by Gasteiger charge is 2.50. The fourth-order valence-corrected chi connectivity index (χ4v) is 2.58. The lowest BCUT2D eigenvalue weighted by atomic mass is 9.91. The van der Waals surface area contributed by atoms with E-state index >= 15 is 0 Å². The van der Waals surface area contributed by atoms with Crippen molar-refractivity contribution in [1.29, 1.82) is 5.41 Å². The summed E-state index contributed by atoms with van der Waals surface area (Å²) in [5, 5.41) is 18.9. The average molecular weight is 359 g/mol. The van der Waals surface area contributed by atoms with Gasteiger partial charge in [0.05, 0.1) is 6.21 Å². The molecular weight excluding hydrogens is 338 g/mol. The van der Waals surface area contributed by atoms with E-state index in [9.17, 15) is 14.4 Å². The van der Waals surface area contributed by atoms with Crippen molar-refractivity contribution in [3.8, 4) is 0 Å². The summed E-state index contributed by atoms with van der Waals surface area (Å²) in [7, 11) is 1.60. The summed E-state index contributed by atoms with van der Waals surface area (Å²) in [6.45, 7) is -0.0386. The Morgan fingerprint density at radius 1 is 1.42 bits per heavy atom. The summed E-state index contributed by atoms with van der Waals surface area (Å²) in [4.78, 5) is 39.2. The number of carbonyl (C=O) groups is 3. The molecule has 1 aromatic rings. The van der Waals surface area contributed by atoms with Gasteiger partial charge in [0.15, 0.2) is 5.71 Å². The van der Waals surface area contributed by atoms with Gasteiger partial charge < -0.3 is 16.0 Å². The van der Waals surface area contributed by atoms with E-state index in [2.05, 4.69) is 31.5 Å². The van der Waals surface area contributed by atoms with Gasteiger partial charge in [-0.3, -0.25) is 25.1 Å². The van der Waals surface area contributed by atoms with Gasteiger partial charge in [-0.2, -0.15) is 5.10 Å². The fourth-order valence-electron chi connectivity index (χ4n) is 2.58. The number of nitrogens with zero attached hydrogens (tertiary/aromatic N) is 2. The molecule has 0 aromatic carbocycles. The van der Waals surface area contributed by atoms with Crippen LogP contribution in [0.4, 0.5) is 5.82 Å². The molecule has 10 nitrogen and oxygen atoms in total. The number of nitrogens with one attached hydrogen (secondary N) is 5. The molecule has 1 fully saturated rings. The van der Waals surface area contributed by atoms with Crippen LogP contribution in [-0.4, -0.2) is 54.3 Å². The lowest BCUT2D eigenvalue weighted by Gasteiger charge is -2.31. The zero-order chi connectivity index (χ0) is 19.0. The zero-order valence-electron chi connectivity index (χ0n) is 14.3. The van der Waals surface area contributed by atoms with Crippen LogP contribution in [0.15, 0.2) is 29.5 Å². The van der Waals surface area contributed by atoms with Crippen molar-refractivity contribution < 1.29 is 14.4 Å². The van der Waals surface area contributed by atoms with Crippen LogP contribution in [0.25, 0.3) is 0 Å². The number of anilines is 1. The van der Waals surface area contributed by atoms with Crippen molar-refractivity contribution in [2.24, 2.45) is 11.0 Å². The number of aromatic nitrogens is 1. The first-order valence-electron chi connectivity index (χ1n) is 8.04. The van der Waals surface area contributed by atoms with Crippen LogP contribution < -0.4 is 21.4 Å². The quantitative estimate of drug-likeness (QED) is 0.211. The van der Waals surface area contributed by atoms with E-state index in [0.717, 1.165) is 19.1 Å². The second kappa shape index (κ2) is 8.81. The predicted octanol–water partition coefficient (Wildman–Crippen LogP) is -0.744. The Hall–Kier alpha value is -3.14. The van der Waals surface area contributed by atoms with E-state index in [1.54, 1.807) is 31.4 Å². The Morgan fingerprint density at radius 3 is 2.73 bits per heavy atom. The Bertz CT molecular complexity index is 703. The summed E-state index contributed by atoms with van der Waals surface area (Å²) in [5.41, 5.74) is 1.33. The second-order valence-electron chi connectivity index (χ2n) is 5.74. The highest BCUT2D eigenvalue weighted by Crippen LogP contribution is 2.39. The molecule has 0 bridgehead atoms. The standard InChI is InChI=1S/C16H21N7O3/c1-18-16(11-5-6-11,15(26)21-10-24)9-20-14(25)12(8-17)22-23-13-4-2-3-7-19-13/h2-4,7-8,10-11,17-18H,5-6,9H2,1H3,(H,19,23)(H,20,25)(H,21,24,26)/b17-8?,22-12+/t16-/m0/s1. The summed E-state index contributed by atoms with van der Waals surface area (Å²) in [6, 6.07) is 5.14. The molecular formula is C16H21N7O3. The average Bonchev–Trinajstić information content (AvgIpc) is 3.50. The first-order valence-corrected chi connectivity index (χ1v) is 8.04. The molecule has 2 rings (SSSR count). The van der Waals surface area contributed by atoms with Crippen LogP contribution in [0, 0.1) is 11.3 Å². The molecule has 0 aliphatic heterocycles. The minimum absolute atomic E-state index is 0.0137. The molecule has 1 aromatic heterocycles. The number of hydrogen-bond acceptors (Lipinski definition) is 8. The minimum atomic E-state index is -1.09. The highest BCUT2D eigenvalue weighted by molar-refractivity contribution is 6.60. The fraction of sp³-hybridized carbons (Fsp3) is 0.375. The number of imide groups is 1. The normalized spacial score (nSPS) is 16.1. The van der Waals surface area contributed by atoms with Crippen LogP contribution in [0.3, 0.4) is 0 Å². The smallest absolute Gasteiger partial charge is 0.273 e. The van der Waals surface area contributed by atoms with Gasteiger partial charge in [0.2, 0.25) is 12.3 Å². The maximum atomic E-state index is 12.3. The van der Waals surface area contributed by atoms with Crippen LogP contribution in [0.5, 0.6) is 0 Å². The third-order valence-corrected chi connectivity index (χ3v) is 4.17. The van der Waals surface area contributed by atoms with Gasteiger partial charge in [0.25, 0.3) is 5.91 Å². The Kier molecular flexibility index (Phi) is 6.50. The summed E-state index contributed by atoms with van der Waals surface area (Å²) >= 11 is 0. The van der Waals surface area contributed by atoms with E-state index in [-0.39, 0.29) is 18.2 Å². The number of likely N-dealkylation sites (N-methyl/N-ethyl adjacent to an activating group) is 1. The maximum absolute atomic E-state index is 12.3.